The van der Waals surface area contributed by atoms with E-state index in [2.05, 4.69) is 18.5 Å². The van der Waals surface area contributed by atoms with Crippen LogP contribution in [-0.4, -0.2) is 44.2 Å². The SMILES string of the molecule is C=C/C(OCC(C)(C)N(C)C)=C(\C(=C)Cl)C(=O)NCc1ccc(OC)c(F)c1. The molecule has 0 fully saturated rings. The number of methoxy groups -OCH3 is 1. The average Bonchev–Trinajstić information content (AvgIpc) is 2.62. The van der Waals surface area contributed by atoms with Crippen LogP contribution >= 0.6 is 11.6 Å². The van der Waals surface area contributed by atoms with Crippen LogP contribution < -0.4 is 10.1 Å². The first kappa shape index (κ1) is 23.7. The van der Waals surface area contributed by atoms with Crippen LogP contribution in [0.2, 0.25) is 0 Å². The van der Waals surface area contributed by atoms with Crippen molar-refractivity contribution in [1.82, 2.24) is 10.2 Å². The smallest absolute Gasteiger partial charge is 0.256 e. The van der Waals surface area contributed by atoms with Crippen LogP contribution in [0.4, 0.5) is 4.39 Å². The van der Waals surface area contributed by atoms with Gasteiger partial charge < -0.3 is 19.7 Å². The fraction of sp³-hybridized carbons (Fsp3) is 0.381. The number of halogens is 2. The number of ether oxygens (including phenoxy) is 2. The Bertz CT molecular complexity index is 773. The van der Waals surface area contributed by atoms with Crippen molar-refractivity contribution < 1.29 is 18.7 Å². The number of allylic oxidation sites excluding steroid dienone is 1. The average molecular weight is 411 g/mol. The maximum atomic E-state index is 13.8. The Morgan fingerprint density at radius 2 is 2.04 bits per heavy atom. The Morgan fingerprint density at radius 3 is 2.50 bits per heavy atom. The molecule has 0 atom stereocenters. The lowest BCUT2D eigenvalue weighted by Gasteiger charge is -2.32. The molecule has 5 nitrogen and oxygen atoms in total. The normalized spacial score (nSPS) is 12.3. The second-order valence-electron chi connectivity index (χ2n) is 7.00. The molecule has 1 amide bonds. The minimum absolute atomic E-state index is 0.0240. The Balaban J connectivity index is 2.97. The van der Waals surface area contributed by atoms with Crippen molar-refractivity contribution in [2.24, 2.45) is 0 Å². The highest BCUT2D eigenvalue weighted by atomic mass is 35.5. The summed E-state index contributed by atoms with van der Waals surface area (Å²) in [5.74, 6) is -0.634. The van der Waals surface area contributed by atoms with E-state index in [0.717, 1.165) is 0 Å². The van der Waals surface area contributed by atoms with Crippen LogP contribution in [0.25, 0.3) is 0 Å². The fourth-order valence-corrected chi connectivity index (χ4v) is 2.25. The Hall–Kier alpha value is -2.31. The van der Waals surface area contributed by atoms with Gasteiger partial charge in [-0.15, -0.1) is 0 Å². The molecule has 1 aromatic rings. The van der Waals surface area contributed by atoms with E-state index in [1.807, 2.05) is 32.8 Å². The van der Waals surface area contributed by atoms with Gasteiger partial charge in [-0.05, 0) is 51.7 Å². The summed E-state index contributed by atoms with van der Waals surface area (Å²) in [6.07, 6.45) is 1.42. The standard InChI is InChI=1S/C21H28ClFN2O3/c1-8-17(28-13-21(3,4)25(5)6)19(14(2)22)20(26)24-12-15-9-10-18(27-7)16(23)11-15/h8-11H,1-2,12-13H2,3-7H3,(H,24,26)/b19-17-. The van der Waals surface area contributed by atoms with Crippen molar-refractivity contribution in [3.05, 3.63) is 65.2 Å². The first-order chi connectivity index (χ1) is 13.0. The molecule has 0 saturated heterocycles. The van der Waals surface area contributed by atoms with Crippen molar-refractivity contribution in [3.63, 3.8) is 0 Å². The van der Waals surface area contributed by atoms with Gasteiger partial charge in [0.1, 0.15) is 12.4 Å². The van der Waals surface area contributed by atoms with Crippen molar-refractivity contribution in [2.75, 3.05) is 27.8 Å². The van der Waals surface area contributed by atoms with E-state index < -0.39 is 11.7 Å². The summed E-state index contributed by atoms with van der Waals surface area (Å²) in [4.78, 5) is 14.7. The lowest BCUT2D eigenvalue weighted by atomic mass is 10.1. The molecule has 0 spiro atoms. The quantitative estimate of drug-likeness (QED) is 0.360. The van der Waals surface area contributed by atoms with Crippen LogP contribution in [0.3, 0.4) is 0 Å². The number of hydrogen-bond donors (Lipinski definition) is 1. The third-order valence-electron chi connectivity index (χ3n) is 4.39. The molecular formula is C21H28ClFN2O3. The van der Waals surface area contributed by atoms with Gasteiger partial charge in [0.15, 0.2) is 11.6 Å². The molecule has 28 heavy (non-hydrogen) atoms. The summed E-state index contributed by atoms with van der Waals surface area (Å²) in [6.45, 7) is 11.8. The molecule has 0 saturated carbocycles. The molecule has 0 unspecified atom stereocenters. The van der Waals surface area contributed by atoms with Crippen LogP contribution in [0.5, 0.6) is 5.75 Å². The Morgan fingerprint density at radius 1 is 1.39 bits per heavy atom. The second kappa shape index (κ2) is 10.3. The number of likely N-dealkylation sites (N-methyl/N-ethyl adjacent to an activating group) is 1. The van der Waals surface area contributed by atoms with Gasteiger partial charge in [-0.25, -0.2) is 4.39 Å². The van der Waals surface area contributed by atoms with E-state index in [1.54, 1.807) is 6.07 Å². The number of carbonyl (C=O) groups is 1. The van der Waals surface area contributed by atoms with Crippen molar-refractivity contribution >= 4 is 17.5 Å². The largest absolute Gasteiger partial charge is 0.494 e. The lowest BCUT2D eigenvalue weighted by Crippen LogP contribution is -2.42. The maximum absolute atomic E-state index is 13.8. The third-order valence-corrected chi connectivity index (χ3v) is 4.58. The molecule has 1 N–H and O–H groups in total. The number of hydrogen-bond acceptors (Lipinski definition) is 4. The van der Waals surface area contributed by atoms with E-state index in [9.17, 15) is 9.18 Å². The molecule has 0 radical (unpaired) electrons. The zero-order valence-electron chi connectivity index (χ0n) is 17.1. The second-order valence-corrected chi connectivity index (χ2v) is 7.45. The minimum atomic E-state index is -0.507. The Labute approximate surface area is 171 Å². The third kappa shape index (κ3) is 6.39. The summed E-state index contributed by atoms with van der Waals surface area (Å²) in [5.41, 5.74) is 0.380. The van der Waals surface area contributed by atoms with Crippen LogP contribution in [0.1, 0.15) is 19.4 Å². The Kier molecular flexibility index (Phi) is 8.72. The molecule has 1 rings (SSSR count). The highest BCUT2D eigenvalue weighted by molar-refractivity contribution is 6.35. The summed E-state index contributed by atoms with van der Waals surface area (Å²) in [5, 5.41) is 2.72. The topological polar surface area (TPSA) is 50.8 Å². The number of benzene rings is 1. The zero-order valence-corrected chi connectivity index (χ0v) is 17.8. The summed E-state index contributed by atoms with van der Waals surface area (Å²) >= 11 is 6.04. The summed E-state index contributed by atoms with van der Waals surface area (Å²) < 4.78 is 24.5. The van der Waals surface area contributed by atoms with Gasteiger partial charge in [-0.1, -0.05) is 30.8 Å². The molecule has 154 valence electrons. The fourth-order valence-electron chi connectivity index (χ4n) is 2.08. The lowest BCUT2D eigenvalue weighted by molar-refractivity contribution is -0.117. The molecule has 1 aromatic carbocycles. The highest BCUT2D eigenvalue weighted by Gasteiger charge is 2.24. The maximum Gasteiger partial charge on any atom is 0.256 e. The molecule has 0 aromatic heterocycles. The molecule has 7 heteroatoms. The summed E-state index contributed by atoms with van der Waals surface area (Å²) in [7, 11) is 5.25. The van der Waals surface area contributed by atoms with Gasteiger partial charge in [0.25, 0.3) is 5.91 Å². The van der Waals surface area contributed by atoms with E-state index in [4.69, 9.17) is 21.1 Å². The number of nitrogens with zero attached hydrogens (tertiary/aromatic N) is 1. The molecule has 0 heterocycles. The molecule has 0 aliphatic heterocycles. The first-order valence-corrected chi connectivity index (χ1v) is 9.03. The molecule has 0 bridgehead atoms. The van der Waals surface area contributed by atoms with Gasteiger partial charge in [0.05, 0.1) is 12.7 Å². The molecular weight excluding hydrogens is 383 g/mol. The van der Waals surface area contributed by atoms with E-state index in [1.165, 1.54) is 25.3 Å². The predicted molar refractivity (Wildman–Crippen MR) is 111 cm³/mol. The number of nitrogens with one attached hydrogen (secondary N) is 1. The van der Waals surface area contributed by atoms with Crippen LogP contribution in [0.15, 0.2) is 53.8 Å². The minimum Gasteiger partial charge on any atom is -0.494 e. The molecule has 0 aliphatic carbocycles. The van der Waals surface area contributed by atoms with Crippen molar-refractivity contribution in [1.29, 1.82) is 0 Å². The number of rotatable bonds is 10. The van der Waals surface area contributed by atoms with E-state index in [-0.39, 0.29) is 34.2 Å². The number of amides is 1. The molecule has 0 aliphatic rings. The van der Waals surface area contributed by atoms with Gasteiger partial charge in [0.2, 0.25) is 0 Å². The predicted octanol–water partition coefficient (Wildman–Crippen LogP) is 4.00. The monoisotopic (exact) mass is 410 g/mol. The van der Waals surface area contributed by atoms with Gasteiger partial charge >= 0.3 is 0 Å². The van der Waals surface area contributed by atoms with Gasteiger partial charge in [0, 0.05) is 17.1 Å². The summed E-state index contributed by atoms with van der Waals surface area (Å²) in [6, 6.07) is 4.45. The van der Waals surface area contributed by atoms with Crippen LogP contribution in [0, 0.1) is 5.82 Å². The van der Waals surface area contributed by atoms with Crippen LogP contribution in [-0.2, 0) is 16.1 Å². The zero-order chi connectivity index (χ0) is 21.5. The first-order valence-electron chi connectivity index (χ1n) is 8.65. The highest BCUT2D eigenvalue weighted by Crippen LogP contribution is 2.22. The van der Waals surface area contributed by atoms with E-state index in [0.29, 0.717) is 12.2 Å². The van der Waals surface area contributed by atoms with Crippen molar-refractivity contribution in [2.45, 2.75) is 25.9 Å². The van der Waals surface area contributed by atoms with Crippen molar-refractivity contribution in [3.8, 4) is 5.75 Å². The van der Waals surface area contributed by atoms with E-state index >= 15 is 0 Å². The van der Waals surface area contributed by atoms with Gasteiger partial charge in [-0.2, -0.15) is 0 Å². The van der Waals surface area contributed by atoms with Gasteiger partial charge in [-0.3, -0.25) is 4.79 Å². The number of carbonyl (C=O) groups excluding carboxylic acids is 1.